The Balaban J connectivity index is 1.51. The Morgan fingerprint density at radius 1 is 0.829 bits per heavy atom. The van der Waals surface area contributed by atoms with Crippen molar-refractivity contribution < 1.29 is 23.9 Å². The van der Waals surface area contributed by atoms with E-state index >= 15 is 0 Å². The van der Waals surface area contributed by atoms with Crippen molar-refractivity contribution in [3.63, 3.8) is 0 Å². The number of hydrogen-bond donors (Lipinski definition) is 1. The standard InChI is InChI=1S/C27H23N3O5/c1-2-34-26(32)21-15-9-10-16-22(21)28-25(31)18-35-27(33)24-17-23(19-11-5-3-6-12-19)29-30(24)20-13-7-4-8-14-20/h3-17H,2,18H2,1H3,(H,28,31). The van der Waals surface area contributed by atoms with Crippen molar-refractivity contribution in [3.8, 4) is 16.9 Å². The van der Waals surface area contributed by atoms with E-state index in [2.05, 4.69) is 10.4 Å². The third-order valence-electron chi connectivity index (χ3n) is 5.02. The van der Waals surface area contributed by atoms with Crippen LogP contribution in [0, 0.1) is 0 Å². The molecule has 3 aromatic carbocycles. The minimum atomic E-state index is -0.711. The number of para-hydroxylation sites is 2. The molecule has 1 N–H and O–H groups in total. The Morgan fingerprint density at radius 2 is 1.49 bits per heavy atom. The van der Waals surface area contributed by atoms with Crippen LogP contribution in [0.5, 0.6) is 0 Å². The predicted molar refractivity (Wildman–Crippen MR) is 130 cm³/mol. The van der Waals surface area contributed by atoms with Gasteiger partial charge >= 0.3 is 11.9 Å². The Hall–Kier alpha value is -4.72. The van der Waals surface area contributed by atoms with Crippen LogP contribution in [0.1, 0.15) is 27.8 Å². The van der Waals surface area contributed by atoms with Gasteiger partial charge in [0.2, 0.25) is 0 Å². The molecule has 8 heteroatoms. The second-order valence-corrected chi connectivity index (χ2v) is 7.42. The van der Waals surface area contributed by atoms with E-state index in [1.165, 1.54) is 4.68 Å². The molecule has 4 rings (SSSR count). The third kappa shape index (κ3) is 5.62. The Labute approximate surface area is 202 Å². The third-order valence-corrected chi connectivity index (χ3v) is 5.02. The minimum Gasteiger partial charge on any atom is -0.462 e. The van der Waals surface area contributed by atoms with Crippen molar-refractivity contribution in [1.29, 1.82) is 0 Å². The second kappa shape index (κ2) is 10.9. The molecule has 4 aromatic rings. The topological polar surface area (TPSA) is 99.5 Å². The van der Waals surface area contributed by atoms with Crippen LogP contribution < -0.4 is 5.32 Å². The van der Waals surface area contributed by atoms with Gasteiger partial charge in [-0.05, 0) is 37.3 Å². The highest BCUT2D eigenvalue weighted by Crippen LogP contribution is 2.22. The molecule has 8 nitrogen and oxygen atoms in total. The summed E-state index contributed by atoms with van der Waals surface area (Å²) < 4.78 is 11.8. The summed E-state index contributed by atoms with van der Waals surface area (Å²) in [6.07, 6.45) is 0. The van der Waals surface area contributed by atoms with Crippen LogP contribution >= 0.6 is 0 Å². The Kier molecular flexibility index (Phi) is 7.32. The molecule has 0 atom stereocenters. The monoisotopic (exact) mass is 469 g/mol. The van der Waals surface area contributed by atoms with Gasteiger partial charge in [-0.1, -0.05) is 60.7 Å². The van der Waals surface area contributed by atoms with Crippen LogP contribution in [0.25, 0.3) is 16.9 Å². The van der Waals surface area contributed by atoms with Crippen molar-refractivity contribution >= 4 is 23.5 Å². The summed E-state index contributed by atoms with van der Waals surface area (Å²) in [5.41, 5.74) is 2.76. The molecule has 35 heavy (non-hydrogen) atoms. The highest BCUT2D eigenvalue weighted by atomic mass is 16.5. The fourth-order valence-electron chi connectivity index (χ4n) is 3.41. The number of carbonyl (C=O) groups excluding carboxylic acids is 3. The number of benzene rings is 3. The maximum absolute atomic E-state index is 13.0. The lowest BCUT2D eigenvalue weighted by Gasteiger charge is -2.11. The summed E-state index contributed by atoms with van der Waals surface area (Å²) in [7, 11) is 0. The van der Waals surface area contributed by atoms with Crippen LogP contribution in [0.2, 0.25) is 0 Å². The van der Waals surface area contributed by atoms with E-state index in [1.54, 1.807) is 37.3 Å². The lowest BCUT2D eigenvalue weighted by Crippen LogP contribution is -2.23. The number of carbonyl (C=O) groups is 3. The molecule has 0 saturated carbocycles. The van der Waals surface area contributed by atoms with Gasteiger partial charge in [-0.3, -0.25) is 4.79 Å². The summed E-state index contributed by atoms with van der Waals surface area (Å²) in [5.74, 6) is -1.86. The van der Waals surface area contributed by atoms with Crippen LogP contribution in [-0.2, 0) is 14.3 Å². The first kappa shape index (κ1) is 23.4. The molecule has 0 fully saturated rings. The van der Waals surface area contributed by atoms with Crippen molar-refractivity contribution in [1.82, 2.24) is 9.78 Å². The minimum absolute atomic E-state index is 0.176. The van der Waals surface area contributed by atoms with Gasteiger partial charge in [-0.2, -0.15) is 5.10 Å². The molecule has 1 heterocycles. The molecule has 1 amide bonds. The molecular formula is C27H23N3O5. The average Bonchev–Trinajstić information content (AvgIpc) is 3.35. The van der Waals surface area contributed by atoms with Gasteiger partial charge in [-0.15, -0.1) is 0 Å². The van der Waals surface area contributed by atoms with E-state index in [1.807, 2.05) is 60.7 Å². The average molecular weight is 469 g/mol. The molecule has 176 valence electrons. The van der Waals surface area contributed by atoms with Crippen molar-refractivity contribution in [2.24, 2.45) is 0 Å². The normalized spacial score (nSPS) is 10.4. The van der Waals surface area contributed by atoms with Gasteiger partial charge in [0, 0.05) is 5.56 Å². The molecule has 0 unspecified atom stereocenters. The number of amides is 1. The van der Waals surface area contributed by atoms with Gasteiger partial charge < -0.3 is 14.8 Å². The summed E-state index contributed by atoms with van der Waals surface area (Å²) in [6.45, 7) is 1.36. The highest BCUT2D eigenvalue weighted by molar-refractivity contribution is 6.02. The van der Waals surface area contributed by atoms with Gasteiger partial charge in [0.05, 0.1) is 29.2 Å². The molecule has 0 spiro atoms. The van der Waals surface area contributed by atoms with Crippen LogP contribution in [0.4, 0.5) is 5.69 Å². The van der Waals surface area contributed by atoms with Crippen molar-refractivity contribution in [3.05, 3.63) is 102 Å². The predicted octanol–water partition coefficient (Wildman–Crippen LogP) is 4.51. The number of hydrogen-bond acceptors (Lipinski definition) is 6. The zero-order valence-electron chi connectivity index (χ0n) is 19.0. The van der Waals surface area contributed by atoms with E-state index < -0.39 is 24.5 Å². The molecule has 0 aliphatic heterocycles. The number of ether oxygens (including phenoxy) is 2. The molecule has 0 saturated heterocycles. The van der Waals surface area contributed by atoms with Gasteiger partial charge in [0.25, 0.3) is 5.91 Å². The van der Waals surface area contributed by atoms with Gasteiger partial charge in [0.1, 0.15) is 0 Å². The van der Waals surface area contributed by atoms with E-state index in [-0.39, 0.29) is 23.6 Å². The van der Waals surface area contributed by atoms with E-state index in [0.29, 0.717) is 11.4 Å². The summed E-state index contributed by atoms with van der Waals surface area (Å²) in [4.78, 5) is 37.6. The number of esters is 2. The number of rotatable bonds is 8. The van der Waals surface area contributed by atoms with Crippen LogP contribution in [-0.4, -0.2) is 40.8 Å². The largest absolute Gasteiger partial charge is 0.462 e. The zero-order valence-corrected chi connectivity index (χ0v) is 19.0. The molecule has 0 bridgehead atoms. The van der Waals surface area contributed by atoms with Gasteiger partial charge in [0.15, 0.2) is 12.3 Å². The number of aromatic nitrogens is 2. The smallest absolute Gasteiger partial charge is 0.357 e. The Morgan fingerprint density at radius 3 is 2.20 bits per heavy atom. The van der Waals surface area contributed by atoms with Crippen molar-refractivity contribution in [2.75, 3.05) is 18.5 Å². The first-order valence-electron chi connectivity index (χ1n) is 11.0. The second-order valence-electron chi connectivity index (χ2n) is 7.42. The first-order chi connectivity index (χ1) is 17.1. The number of nitrogens with one attached hydrogen (secondary N) is 1. The SMILES string of the molecule is CCOC(=O)c1ccccc1NC(=O)COC(=O)c1cc(-c2ccccc2)nn1-c1ccccc1. The summed E-state index contributed by atoms with van der Waals surface area (Å²) in [6, 6.07) is 26.7. The number of nitrogens with zero attached hydrogens (tertiary/aromatic N) is 2. The molecule has 0 aliphatic rings. The molecule has 1 aromatic heterocycles. The maximum atomic E-state index is 13.0. The molecule has 0 radical (unpaired) electrons. The quantitative estimate of drug-likeness (QED) is 0.381. The van der Waals surface area contributed by atoms with Crippen LogP contribution in [0.15, 0.2) is 91.0 Å². The lowest BCUT2D eigenvalue weighted by molar-refractivity contribution is -0.119. The number of anilines is 1. The van der Waals surface area contributed by atoms with E-state index in [9.17, 15) is 14.4 Å². The maximum Gasteiger partial charge on any atom is 0.357 e. The van der Waals surface area contributed by atoms with E-state index in [0.717, 1.165) is 5.56 Å². The fourth-order valence-corrected chi connectivity index (χ4v) is 3.41. The summed E-state index contributed by atoms with van der Waals surface area (Å²) in [5, 5.41) is 7.17. The lowest BCUT2D eigenvalue weighted by atomic mass is 10.1. The molecular weight excluding hydrogens is 446 g/mol. The van der Waals surface area contributed by atoms with Crippen LogP contribution in [0.3, 0.4) is 0 Å². The van der Waals surface area contributed by atoms with Crippen molar-refractivity contribution in [2.45, 2.75) is 6.92 Å². The highest BCUT2D eigenvalue weighted by Gasteiger charge is 2.21. The summed E-state index contributed by atoms with van der Waals surface area (Å²) >= 11 is 0. The Bertz CT molecular complexity index is 1330. The fraction of sp³-hybridized carbons (Fsp3) is 0.111. The first-order valence-corrected chi connectivity index (χ1v) is 11.0. The zero-order chi connectivity index (χ0) is 24.6. The van der Waals surface area contributed by atoms with Gasteiger partial charge in [-0.25, -0.2) is 14.3 Å². The van der Waals surface area contributed by atoms with E-state index in [4.69, 9.17) is 9.47 Å². The molecule has 0 aliphatic carbocycles.